The predicted octanol–water partition coefficient (Wildman–Crippen LogP) is 3.84. The van der Waals surface area contributed by atoms with Crippen LogP contribution in [-0.4, -0.2) is 51.9 Å². The summed E-state index contributed by atoms with van der Waals surface area (Å²) in [6, 6.07) is 6.55. The second kappa shape index (κ2) is 8.30. The van der Waals surface area contributed by atoms with E-state index in [-0.39, 0.29) is 34.7 Å². The Balaban J connectivity index is 1.49. The Labute approximate surface area is 187 Å². The van der Waals surface area contributed by atoms with E-state index in [1.165, 1.54) is 7.11 Å². The standard InChI is InChI=1S/C22H22F2N6O3/c1-33-15-9-12(22(32)30-7-2-8-30)5-6-13(15)25-14-10-16(27-21(31)11-3-4-11)26-19-17(14)28-20(29-19)18(23)24/h5-6,9-11,18H,2-4,7-8H2,1H3,(H3,25,26,27,28,29,31). The molecular weight excluding hydrogens is 434 g/mol. The van der Waals surface area contributed by atoms with E-state index >= 15 is 0 Å². The fraction of sp³-hybridized carbons (Fsp3) is 0.364. The van der Waals surface area contributed by atoms with Gasteiger partial charge in [0.2, 0.25) is 5.91 Å². The second-order valence-electron chi connectivity index (χ2n) is 8.13. The quantitative estimate of drug-likeness (QED) is 0.498. The molecule has 33 heavy (non-hydrogen) atoms. The highest BCUT2D eigenvalue weighted by Gasteiger charge is 2.30. The van der Waals surface area contributed by atoms with Gasteiger partial charge in [0.15, 0.2) is 11.5 Å². The van der Waals surface area contributed by atoms with Crippen molar-refractivity contribution in [3.8, 4) is 5.75 Å². The zero-order valence-corrected chi connectivity index (χ0v) is 17.8. The average molecular weight is 456 g/mol. The number of halogens is 2. The number of H-pyrrole nitrogens is 1. The maximum atomic E-state index is 13.3. The summed E-state index contributed by atoms with van der Waals surface area (Å²) in [5.74, 6) is -0.192. The molecule has 0 atom stereocenters. The van der Waals surface area contributed by atoms with Crippen molar-refractivity contribution >= 4 is 40.2 Å². The third kappa shape index (κ3) is 4.18. The number of nitrogens with zero attached hydrogens (tertiary/aromatic N) is 3. The number of fused-ring (bicyclic) bond motifs is 1. The van der Waals surface area contributed by atoms with Gasteiger partial charge in [0.1, 0.15) is 17.1 Å². The number of rotatable bonds is 7. The highest BCUT2D eigenvalue weighted by atomic mass is 19.3. The minimum Gasteiger partial charge on any atom is -0.495 e. The number of aromatic amines is 1. The van der Waals surface area contributed by atoms with Crippen molar-refractivity contribution in [3.05, 3.63) is 35.7 Å². The zero-order chi connectivity index (χ0) is 23.1. The Hall–Kier alpha value is -3.76. The molecule has 2 aromatic heterocycles. The van der Waals surface area contributed by atoms with Gasteiger partial charge in [-0.3, -0.25) is 9.59 Å². The van der Waals surface area contributed by atoms with Crippen LogP contribution in [0, 0.1) is 5.92 Å². The number of likely N-dealkylation sites (tertiary alicyclic amines) is 1. The summed E-state index contributed by atoms with van der Waals surface area (Å²) < 4.78 is 32.0. The number of aromatic nitrogens is 3. The number of amides is 2. The number of anilines is 3. The van der Waals surface area contributed by atoms with Crippen LogP contribution in [0.5, 0.6) is 5.75 Å². The largest absolute Gasteiger partial charge is 0.495 e. The van der Waals surface area contributed by atoms with E-state index in [4.69, 9.17) is 4.74 Å². The number of alkyl halides is 2. The Morgan fingerprint density at radius 2 is 1.97 bits per heavy atom. The molecule has 3 aromatic rings. The molecule has 1 aliphatic carbocycles. The predicted molar refractivity (Wildman–Crippen MR) is 117 cm³/mol. The first-order chi connectivity index (χ1) is 15.9. The number of nitrogens with one attached hydrogen (secondary N) is 3. The van der Waals surface area contributed by atoms with Crippen LogP contribution >= 0.6 is 0 Å². The van der Waals surface area contributed by atoms with Gasteiger partial charge in [-0.05, 0) is 37.5 Å². The fourth-order valence-corrected chi connectivity index (χ4v) is 3.62. The van der Waals surface area contributed by atoms with Crippen molar-refractivity contribution in [2.24, 2.45) is 5.92 Å². The Bertz CT molecular complexity index is 1240. The first kappa shape index (κ1) is 21.1. The van der Waals surface area contributed by atoms with Crippen LogP contribution in [0.15, 0.2) is 24.3 Å². The fourth-order valence-electron chi connectivity index (χ4n) is 3.62. The summed E-state index contributed by atoms with van der Waals surface area (Å²) in [7, 11) is 1.48. The third-order valence-electron chi connectivity index (χ3n) is 5.75. The van der Waals surface area contributed by atoms with Crippen LogP contribution in [0.4, 0.5) is 26.0 Å². The Kier molecular flexibility index (Phi) is 5.31. The van der Waals surface area contributed by atoms with Crippen LogP contribution in [-0.2, 0) is 4.79 Å². The monoisotopic (exact) mass is 456 g/mol. The van der Waals surface area contributed by atoms with Gasteiger partial charge < -0.3 is 25.3 Å². The number of benzene rings is 1. The maximum absolute atomic E-state index is 13.3. The molecular formula is C22H22F2N6O3. The summed E-state index contributed by atoms with van der Waals surface area (Å²) >= 11 is 0. The molecule has 1 aliphatic heterocycles. The zero-order valence-electron chi connectivity index (χ0n) is 17.8. The Morgan fingerprint density at radius 3 is 2.61 bits per heavy atom. The molecule has 1 saturated heterocycles. The average Bonchev–Trinajstić information content (AvgIpc) is 3.51. The van der Waals surface area contributed by atoms with E-state index in [1.807, 2.05) is 0 Å². The molecule has 2 fully saturated rings. The van der Waals surface area contributed by atoms with Crippen LogP contribution in [0.25, 0.3) is 11.2 Å². The van der Waals surface area contributed by atoms with Gasteiger partial charge in [-0.25, -0.2) is 18.7 Å². The highest BCUT2D eigenvalue weighted by Crippen LogP contribution is 2.35. The van der Waals surface area contributed by atoms with Gasteiger partial charge in [-0.15, -0.1) is 0 Å². The number of methoxy groups -OCH3 is 1. The number of carbonyl (C=O) groups excluding carboxylic acids is 2. The number of hydrogen-bond donors (Lipinski definition) is 3. The van der Waals surface area contributed by atoms with Crippen molar-refractivity contribution in [1.82, 2.24) is 19.9 Å². The number of hydrogen-bond acceptors (Lipinski definition) is 6. The smallest absolute Gasteiger partial charge is 0.295 e. The number of imidazole rings is 1. The molecule has 11 heteroatoms. The minimum atomic E-state index is -2.81. The summed E-state index contributed by atoms with van der Waals surface area (Å²) in [5.41, 5.74) is 1.70. The molecule has 1 saturated carbocycles. The molecule has 1 aromatic carbocycles. The summed E-state index contributed by atoms with van der Waals surface area (Å²) in [6.07, 6.45) is -0.184. The van der Waals surface area contributed by atoms with Crippen molar-refractivity contribution < 1.29 is 23.1 Å². The SMILES string of the molecule is COc1cc(C(=O)N2CCC2)ccc1Nc1cc(NC(=O)C2CC2)nc2nc(C(F)F)[nH]c12. The second-order valence-corrected chi connectivity index (χ2v) is 8.13. The molecule has 3 N–H and O–H groups in total. The lowest BCUT2D eigenvalue weighted by atomic mass is 10.1. The molecule has 3 heterocycles. The molecule has 0 radical (unpaired) electrons. The lowest BCUT2D eigenvalue weighted by Gasteiger charge is -2.31. The lowest BCUT2D eigenvalue weighted by Crippen LogP contribution is -2.42. The maximum Gasteiger partial charge on any atom is 0.295 e. The molecule has 0 unspecified atom stereocenters. The topological polar surface area (TPSA) is 112 Å². The summed E-state index contributed by atoms with van der Waals surface area (Å²) in [5, 5.41) is 5.87. The van der Waals surface area contributed by atoms with Crippen molar-refractivity contribution in [2.45, 2.75) is 25.7 Å². The summed E-state index contributed by atoms with van der Waals surface area (Å²) in [6.45, 7) is 1.47. The molecule has 2 amide bonds. The molecule has 9 nitrogen and oxygen atoms in total. The third-order valence-corrected chi connectivity index (χ3v) is 5.75. The number of carbonyl (C=O) groups is 2. The van der Waals surface area contributed by atoms with Gasteiger partial charge in [-0.2, -0.15) is 0 Å². The van der Waals surface area contributed by atoms with Crippen molar-refractivity contribution in [2.75, 3.05) is 30.8 Å². The van der Waals surface area contributed by atoms with Gasteiger partial charge in [-0.1, -0.05) is 0 Å². The molecule has 0 spiro atoms. The molecule has 0 bridgehead atoms. The van der Waals surface area contributed by atoms with E-state index < -0.39 is 12.2 Å². The molecule has 172 valence electrons. The van der Waals surface area contributed by atoms with E-state index in [2.05, 4.69) is 25.6 Å². The van der Waals surface area contributed by atoms with Gasteiger partial charge in [0, 0.05) is 30.6 Å². The van der Waals surface area contributed by atoms with Crippen LogP contribution in [0.2, 0.25) is 0 Å². The van der Waals surface area contributed by atoms with Gasteiger partial charge >= 0.3 is 0 Å². The summed E-state index contributed by atoms with van der Waals surface area (Å²) in [4.78, 5) is 37.2. The van der Waals surface area contributed by atoms with E-state index in [1.54, 1.807) is 29.2 Å². The molecule has 5 rings (SSSR count). The highest BCUT2D eigenvalue weighted by molar-refractivity contribution is 5.98. The minimum absolute atomic E-state index is 0.0462. The van der Waals surface area contributed by atoms with Crippen molar-refractivity contribution in [3.63, 3.8) is 0 Å². The van der Waals surface area contributed by atoms with Crippen LogP contribution in [0.1, 0.15) is 41.9 Å². The first-order valence-corrected chi connectivity index (χ1v) is 10.7. The van der Waals surface area contributed by atoms with E-state index in [9.17, 15) is 18.4 Å². The van der Waals surface area contributed by atoms with E-state index in [0.29, 0.717) is 22.7 Å². The number of pyridine rings is 1. The normalized spacial score (nSPS) is 15.5. The van der Waals surface area contributed by atoms with Gasteiger partial charge in [0.25, 0.3) is 12.3 Å². The Morgan fingerprint density at radius 1 is 1.18 bits per heavy atom. The lowest BCUT2D eigenvalue weighted by molar-refractivity contribution is -0.117. The van der Waals surface area contributed by atoms with Crippen molar-refractivity contribution in [1.29, 1.82) is 0 Å². The molecule has 2 aliphatic rings. The van der Waals surface area contributed by atoms with E-state index in [0.717, 1.165) is 32.4 Å². The first-order valence-electron chi connectivity index (χ1n) is 10.7. The van der Waals surface area contributed by atoms with Gasteiger partial charge in [0.05, 0.1) is 18.5 Å². The van der Waals surface area contributed by atoms with Crippen LogP contribution in [0.3, 0.4) is 0 Å². The van der Waals surface area contributed by atoms with Crippen LogP contribution < -0.4 is 15.4 Å². The number of ether oxygens (including phenoxy) is 1.